The number of Topliss-reactive ketones (excluding diaryl/α,β-unsaturated/α-hetero) is 1. The number of nitrogens with one attached hydrogen (secondary N) is 2. The van der Waals surface area contributed by atoms with Gasteiger partial charge in [-0.25, -0.2) is 17.2 Å². The van der Waals surface area contributed by atoms with E-state index >= 15 is 0 Å². The van der Waals surface area contributed by atoms with Crippen molar-refractivity contribution in [1.82, 2.24) is 0 Å². The molecule has 9 heteroatoms. The largest absolute Gasteiger partial charge is 0.319 e. The van der Waals surface area contributed by atoms with Crippen LogP contribution in [0.5, 0.6) is 0 Å². The Morgan fingerprint density at radius 1 is 0.800 bits per heavy atom. The van der Waals surface area contributed by atoms with Crippen molar-refractivity contribution < 1.29 is 26.8 Å². The van der Waals surface area contributed by atoms with E-state index in [1.165, 1.54) is 24.3 Å². The van der Waals surface area contributed by atoms with Crippen LogP contribution in [0.4, 0.5) is 20.2 Å². The Labute approximate surface area is 171 Å². The molecule has 6 nitrogen and oxygen atoms in total. The van der Waals surface area contributed by atoms with E-state index in [2.05, 4.69) is 10.0 Å². The minimum Gasteiger partial charge on any atom is -0.319 e. The van der Waals surface area contributed by atoms with Gasteiger partial charge in [0.05, 0.1) is 4.90 Å². The van der Waals surface area contributed by atoms with E-state index in [-0.39, 0.29) is 16.9 Å². The molecule has 0 aliphatic rings. The molecule has 3 aromatic rings. The standard InChI is InChI=1S/C21H16F2N2O4S/c1-13-2-4-14(5-3-13)20(26)21(27)24-15-6-8-16(9-7-15)25-30(28,29)17-10-11-18(22)19(23)12-17/h2-12,25H,1H3,(H,24,27). The third kappa shape index (κ3) is 4.87. The van der Waals surface area contributed by atoms with Gasteiger partial charge in [-0.05, 0) is 49.4 Å². The highest BCUT2D eigenvalue weighted by molar-refractivity contribution is 7.92. The van der Waals surface area contributed by atoms with E-state index in [9.17, 15) is 26.8 Å². The van der Waals surface area contributed by atoms with Gasteiger partial charge in [0.2, 0.25) is 0 Å². The van der Waals surface area contributed by atoms with Crippen LogP contribution in [0.25, 0.3) is 0 Å². The highest BCUT2D eigenvalue weighted by Crippen LogP contribution is 2.20. The van der Waals surface area contributed by atoms with Crippen LogP contribution in [0.2, 0.25) is 0 Å². The summed E-state index contributed by atoms with van der Waals surface area (Å²) in [6, 6.07) is 14.2. The molecular formula is C21H16F2N2O4S. The number of ketones is 1. The van der Waals surface area contributed by atoms with Crippen LogP contribution in [-0.4, -0.2) is 20.1 Å². The Morgan fingerprint density at radius 2 is 1.40 bits per heavy atom. The second-order valence-corrected chi connectivity index (χ2v) is 8.09. The van der Waals surface area contributed by atoms with Crippen LogP contribution < -0.4 is 10.0 Å². The average molecular weight is 430 g/mol. The molecule has 154 valence electrons. The first-order valence-corrected chi connectivity index (χ1v) is 10.1. The van der Waals surface area contributed by atoms with Gasteiger partial charge in [0.15, 0.2) is 11.6 Å². The lowest BCUT2D eigenvalue weighted by Gasteiger charge is -2.10. The molecule has 30 heavy (non-hydrogen) atoms. The Bertz CT molecular complexity index is 1210. The van der Waals surface area contributed by atoms with Crippen LogP contribution >= 0.6 is 0 Å². The highest BCUT2D eigenvalue weighted by Gasteiger charge is 2.18. The van der Waals surface area contributed by atoms with Gasteiger partial charge in [0.25, 0.3) is 21.7 Å². The number of halogens is 2. The van der Waals surface area contributed by atoms with Gasteiger partial charge >= 0.3 is 0 Å². The van der Waals surface area contributed by atoms with Gasteiger partial charge in [0.1, 0.15) is 0 Å². The van der Waals surface area contributed by atoms with Crippen molar-refractivity contribution >= 4 is 33.1 Å². The van der Waals surface area contributed by atoms with E-state index in [1.807, 2.05) is 6.92 Å². The SMILES string of the molecule is Cc1ccc(C(=O)C(=O)Nc2ccc(NS(=O)(=O)c3ccc(F)c(F)c3)cc2)cc1. The summed E-state index contributed by atoms with van der Waals surface area (Å²) >= 11 is 0. The molecule has 0 heterocycles. The van der Waals surface area contributed by atoms with Crippen molar-refractivity contribution in [1.29, 1.82) is 0 Å². The van der Waals surface area contributed by atoms with E-state index in [1.54, 1.807) is 24.3 Å². The van der Waals surface area contributed by atoms with Gasteiger partial charge in [-0.1, -0.05) is 29.8 Å². The second-order valence-electron chi connectivity index (χ2n) is 6.41. The van der Waals surface area contributed by atoms with E-state index in [4.69, 9.17) is 0 Å². The lowest BCUT2D eigenvalue weighted by atomic mass is 10.1. The molecule has 0 saturated heterocycles. The van der Waals surface area contributed by atoms with E-state index < -0.39 is 38.2 Å². The lowest BCUT2D eigenvalue weighted by Crippen LogP contribution is -2.22. The van der Waals surface area contributed by atoms with Gasteiger partial charge in [-0.2, -0.15) is 0 Å². The van der Waals surface area contributed by atoms with Crippen LogP contribution in [0.1, 0.15) is 15.9 Å². The fourth-order valence-electron chi connectivity index (χ4n) is 2.50. The number of benzene rings is 3. The number of aryl methyl sites for hydroxylation is 1. The van der Waals surface area contributed by atoms with Gasteiger partial charge in [-0.3, -0.25) is 14.3 Å². The smallest absolute Gasteiger partial charge is 0.296 e. The molecule has 3 rings (SSSR count). The molecule has 0 spiro atoms. The molecular weight excluding hydrogens is 414 g/mol. The third-order valence-corrected chi connectivity index (χ3v) is 5.50. The van der Waals surface area contributed by atoms with Gasteiger partial charge in [-0.15, -0.1) is 0 Å². The Hall–Kier alpha value is -3.59. The zero-order valence-corrected chi connectivity index (χ0v) is 16.5. The quantitative estimate of drug-likeness (QED) is 0.458. The Kier molecular flexibility index (Phi) is 5.93. The predicted molar refractivity (Wildman–Crippen MR) is 108 cm³/mol. The molecule has 2 N–H and O–H groups in total. The predicted octanol–water partition coefficient (Wildman–Crippen LogP) is 3.90. The monoisotopic (exact) mass is 430 g/mol. The summed E-state index contributed by atoms with van der Waals surface area (Å²) in [6.45, 7) is 1.86. The van der Waals surface area contributed by atoms with Crippen molar-refractivity contribution in [2.75, 3.05) is 10.0 Å². The zero-order valence-electron chi connectivity index (χ0n) is 15.6. The molecule has 0 saturated carbocycles. The van der Waals surface area contributed by atoms with E-state index in [0.717, 1.165) is 11.6 Å². The van der Waals surface area contributed by atoms with Crippen molar-refractivity contribution in [2.45, 2.75) is 11.8 Å². The lowest BCUT2D eigenvalue weighted by molar-refractivity contribution is -0.112. The highest BCUT2D eigenvalue weighted by atomic mass is 32.2. The Balaban J connectivity index is 1.68. The fraction of sp³-hybridized carbons (Fsp3) is 0.0476. The van der Waals surface area contributed by atoms with Crippen LogP contribution in [0, 0.1) is 18.6 Å². The van der Waals surface area contributed by atoms with Crippen molar-refractivity contribution in [3.8, 4) is 0 Å². The average Bonchev–Trinajstić information content (AvgIpc) is 2.71. The van der Waals surface area contributed by atoms with Gasteiger partial charge < -0.3 is 5.32 Å². The summed E-state index contributed by atoms with van der Waals surface area (Å²) in [5.74, 6) is -3.99. The molecule has 0 radical (unpaired) electrons. The van der Waals surface area contributed by atoms with Gasteiger partial charge in [0, 0.05) is 16.9 Å². The summed E-state index contributed by atoms with van der Waals surface area (Å²) < 4.78 is 53.1. The number of amides is 1. The molecule has 0 unspecified atom stereocenters. The number of sulfonamides is 1. The summed E-state index contributed by atoms with van der Waals surface area (Å²) in [4.78, 5) is 23.8. The number of rotatable bonds is 6. The molecule has 1 amide bonds. The first-order chi connectivity index (χ1) is 14.2. The molecule has 0 bridgehead atoms. The maximum absolute atomic E-state index is 13.3. The number of hydrogen-bond acceptors (Lipinski definition) is 4. The summed E-state index contributed by atoms with van der Waals surface area (Å²) in [6.07, 6.45) is 0. The van der Waals surface area contributed by atoms with Crippen molar-refractivity contribution in [3.05, 3.63) is 89.5 Å². The first-order valence-electron chi connectivity index (χ1n) is 8.66. The van der Waals surface area contributed by atoms with Crippen LogP contribution in [-0.2, 0) is 14.8 Å². The van der Waals surface area contributed by atoms with E-state index in [0.29, 0.717) is 12.1 Å². The molecule has 0 fully saturated rings. The minimum absolute atomic E-state index is 0.127. The third-order valence-electron chi connectivity index (χ3n) is 4.12. The topological polar surface area (TPSA) is 92.3 Å². The number of hydrogen-bond donors (Lipinski definition) is 2. The number of anilines is 2. The normalized spacial score (nSPS) is 11.0. The van der Waals surface area contributed by atoms with Crippen molar-refractivity contribution in [3.63, 3.8) is 0 Å². The Morgan fingerprint density at radius 3 is 2.00 bits per heavy atom. The van der Waals surface area contributed by atoms with Crippen LogP contribution in [0.3, 0.4) is 0 Å². The molecule has 0 aliphatic carbocycles. The number of carbonyl (C=O) groups is 2. The molecule has 0 atom stereocenters. The molecule has 3 aromatic carbocycles. The molecule has 0 aromatic heterocycles. The fourth-order valence-corrected chi connectivity index (χ4v) is 3.57. The van der Waals surface area contributed by atoms with Crippen molar-refractivity contribution in [2.24, 2.45) is 0 Å². The van der Waals surface area contributed by atoms with Crippen LogP contribution in [0.15, 0.2) is 71.6 Å². The summed E-state index contributed by atoms with van der Waals surface area (Å²) in [5.41, 5.74) is 1.60. The summed E-state index contributed by atoms with van der Waals surface area (Å²) in [5, 5.41) is 2.43. The number of carbonyl (C=O) groups excluding carboxylic acids is 2. The summed E-state index contributed by atoms with van der Waals surface area (Å²) in [7, 11) is -4.14. The minimum atomic E-state index is -4.14. The zero-order chi connectivity index (χ0) is 21.9. The second kappa shape index (κ2) is 8.42. The molecule has 0 aliphatic heterocycles. The maximum atomic E-state index is 13.3. The maximum Gasteiger partial charge on any atom is 0.296 e. The first kappa shape index (κ1) is 21.1.